The molecular weight excluding hydrogens is 307 g/mol. The van der Waals surface area contributed by atoms with E-state index >= 15 is 0 Å². The largest absolute Gasteiger partial charge is 0.435 e. The third-order valence-corrected chi connectivity index (χ3v) is 3.38. The highest BCUT2D eigenvalue weighted by Gasteiger charge is 2.41. The zero-order valence-corrected chi connectivity index (χ0v) is 11.9. The zero-order chi connectivity index (χ0) is 16.4. The molecule has 2 aromatic carbocycles. The van der Waals surface area contributed by atoms with E-state index in [1.807, 2.05) is 0 Å². The molecule has 0 fully saturated rings. The van der Waals surface area contributed by atoms with Crippen LogP contribution in [0.4, 0.5) is 13.2 Å². The molecule has 0 saturated heterocycles. The van der Waals surface area contributed by atoms with Crippen LogP contribution in [0.25, 0.3) is 11.3 Å². The van der Waals surface area contributed by atoms with Crippen molar-refractivity contribution in [2.75, 3.05) is 0 Å². The molecule has 23 heavy (non-hydrogen) atoms. The second-order valence-electron chi connectivity index (χ2n) is 4.98. The van der Waals surface area contributed by atoms with Gasteiger partial charge in [0.2, 0.25) is 0 Å². The molecule has 0 radical (unpaired) electrons. The van der Waals surface area contributed by atoms with Crippen LogP contribution in [-0.4, -0.2) is 4.57 Å². The molecule has 0 aliphatic carbocycles. The second kappa shape index (κ2) is 5.79. The number of nitrogens with zero attached hydrogens (tertiary/aromatic N) is 1. The number of hydrogen-bond donors (Lipinski definition) is 0. The van der Waals surface area contributed by atoms with Crippen molar-refractivity contribution < 1.29 is 17.6 Å². The number of hydrogen-bond acceptors (Lipinski definition) is 2. The van der Waals surface area contributed by atoms with Crippen LogP contribution in [0, 0.1) is 0 Å². The fourth-order valence-corrected chi connectivity index (χ4v) is 2.38. The minimum Gasteiger partial charge on any atom is -0.407 e. The molecule has 3 nitrogen and oxygen atoms in total. The van der Waals surface area contributed by atoms with E-state index in [0.717, 1.165) is 0 Å². The van der Waals surface area contributed by atoms with E-state index in [9.17, 15) is 18.0 Å². The van der Waals surface area contributed by atoms with Crippen LogP contribution < -0.4 is 5.76 Å². The van der Waals surface area contributed by atoms with Gasteiger partial charge in [-0.2, -0.15) is 13.2 Å². The van der Waals surface area contributed by atoms with Gasteiger partial charge in [-0.1, -0.05) is 60.7 Å². The average Bonchev–Trinajstić information content (AvgIpc) is 2.86. The van der Waals surface area contributed by atoms with Crippen LogP contribution >= 0.6 is 0 Å². The van der Waals surface area contributed by atoms with Gasteiger partial charge in [0.15, 0.2) is 11.5 Å². The summed E-state index contributed by atoms with van der Waals surface area (Å²) in [6.07, 6.45) is -4.70. The predicted molar refractivity (Wildman–Crippen MR) is 79.0 cm³/mol. The predicted octanol–water partition coefficient (Wildman–Crippen LogP) is 4.18. The summed E-state index contributed by atoms with van der Waals surface area (Å²) in [6, 6.07) is 16.3. The van der Waals surface area contributed by atoms with Gasteiger partial charge in [0.05, 0.1) is 6.54 Å². The summed E-state index contributed by atoms with van der Waals surface area (Å²) in [5.74, 6) is -1.49. The Morgan fingerprint density at radius 2 is 1.48 bits per heavy atom. The normalized spacial score (nSPS) is 11.6. The van der Waals surface area contributed by atoms with Crippen molar-refractivity contribution in [3.63, 3.8) is 0 Å². The Morgan fingerprint density at radius 1 is 0.913 bits per heavy atom. The highest BCUT2D eigenvalue weighted by molar-refractivity contribution is 5.60. The summed E-state index contributed by atoms with van der Waals surface area (Å²) in [5, 5.41) is 0. The summed E-state index contributed by atoms with van der Waals surface area (Å²) in [7, 11) is 0. The molecule has 0 aliphatic rings. The van der Waals surface area contributed by atoms with Crippen molar-refractivity contribution in [2.45, 2.75) is 12.7 Å². The van der Waals surface area contributed by atoms with Crippen LogP contribution in [0.1, 0.15) is 11.3 Å². The van der Waals surface area contributed by atoms with Gasteiger partial charge < -0.3 is 4.42 Å². The lowest BCUT2D eigenvalue weighted by molar-refractivity contribution is -0.143. The molecular formula is C17H12F3NO2. The molecule has 0 atom stereocenters. The average molecular weight is 319 g/mol. The van der Waals surface area contributed by atoms with Crippen LogP contribution in [0.3, 0.4) is 0 Å². The first-order valence-corrected chi connectivity index (χ1v) is 6.87. The topological polar surface area (TPSA) is 35.1 Å². The Morgan fingerprint density at radius 3 is 2.04 bits per heavy atom. The molecule has 0 N–H and O–H groups in total. The fourth-order valence-electron chi connectivity index (χ4n) is 2.38. The van der Waals surface area contributed by atoms with E-state index in [-0.39, 0.29) is 12.1 Å². The maximum absolute atomic E-state index is 13.5. The molecule has 0 amide bonds. The molecule has 3 aromatic rings. The summed E-state index contributed by atoms with van der Waals surface area (Å²) in [5.41, 5.74) is -0.276. The lowest BCUT2D eigenvalue weighted by atomic mass is 10.1. The Balaban J connectivity index is 2.17. The van der Waals surface area contributed by atoms with E-state index in [4.69, 9.17) is 4.42 Å². The van der Waals surface area contributed by atoms with Crippen LogP contribution in [0.15, 0.2) is 69.9 Å². The third-order valence-electron chi connectivity index (χ3n) is 3.38. The molecule has 1 aromatic heterocycles. The van der Waals surface area contributed by atoms with Crippen molar-refractivity contribution >= 4 is 0 Å². The summed E-state index contributed by atoms with van der Waals surface area (Å²) >= 11 is 0. The van der Waals surface area contributed by atoms with Crippen molar-refractivity contribution in [1.29, 1.82) is 0 Å². The first-order valence-electron chi connectivity index (χ1n) is 6.87. The minimum absolute atomic E-state index is 0.204. The molecule has 1 heterocycles. The first kappa shape index (κ1) is 15.1. The summed E-state index contributed by atoms with van der Waals surface area (Å²) in [6.45, 7) is -0.204. The fraction of sp³-hybridized carbons (Fsp3) is 0.118. The third kappa shape index (κ3) is 3.06. The Bertz CT molecular complexity index is 849. The van der Waals surface area contributed by atoms with Gasteiger partial charge in [-0.3, -0.25) is 4.57 Å². The number of oxazole rings is 1. The van der Waals surface area contributed by atoms with E-state index in [1.165, 1.54) is 12.1 Å². The zero-order valence-electron chi connectivity index (χ0n) is 11.9. The number of aromatic nitrogens is 1. The van der Waals surface area contributed by atoms with Gasteiger partial charge in [0.1, 0.15) is 0 Å². The SMILES string of the molecule is O=c1oc(-c2ccccc2)c(C(F)(F)F)n1Cc1ccccc1. The minimum atomic E-state index is -4.70. The van der Waals surface area contributed by atoms with Gasteiger partial charge in [-0.15, -0.1) is 0 Å². The van der Waals surface area contributed by atoms with Gasteiger partial charge in [0.25, 0.3) is 0 Å². The van der Waals surface area contributed by atoms with Crippen molar-refractivity contribution in [1.82, 2.24) is 4.57 Å². The molecule has 118 valence electrons. The Labute approximate surface area is 129 Å². The molecule has 0 unspecified atom stereocenters. The molecule has 0 aliphatic heterocycles. The summed E-state index contributed by atoms with van der Waals surface area (Å²) < 4.78 is 46.0. The molecule has 6 heteroatoms. The summed E-state index contributed by atoms with van der Waals surface area (Å²) in [4.78, 5) is 12.0. The van der Waals surface area contributed by atoms with Gasteiger partial charge in [0, 0.05) is 5.56 Å². The quantitative estimate of drug-likeness (QED) is 0.726. The first-order chi connectivity index (χ1) is 11.0. The monoisotopic (exact) mass is 319 g/mol. The van der Waals surface area contributed by atoms with E-state index in [2.05, 4.69) is 0 Å². The maximum Gasteiger partial charge on any atom is 0.435 e. The van der Waals surface area contributed by atoms with Crippen molar-refractivity contribution in [3.8, 4) is 11.3 Å². The van der Waals surface area contributed by atoms with E-state index < -0.39 is 23.4 Å². The Hall–Kier alpha value is -2.76. The standard InChI is InChI=1S/C17H12F3NO2/c18-17(19,20)15-14(13-9-5-2-6-10-13)23-16(22)21(15)11-12-7-3-1-4-8-12/h1-10H,11H2. The number of benzene rings is 2. The number of halogens is 3. The van der Waals surface area contributed by atoms with E-state index in [0.29, 0.717) is 10.1 Å². The van der Waals surface area contributed by atoms with Gasteiger partial charge >= 0.3 is 11.9 Å². The number of alkyl halides is 3. The lowest BCUT2D eigenvalue weighted by Crippen LogP contribution is -2.22. The number of rotatable bonds is 3. The van der Waals surface area contributed by atoms with Crippen LogP contribution in [-0.2, 0) is 12.7 Å². The molecule has 0 spiro atoms. The smallest absolute Gasteiger partial charge is 0.407 e. The molecule has 0 saturated carbocycles. The van der Waals surface area contributed by atoms with Gasteiger partial charge in [-0.05, 0) is 5.56 Å². The van der Waals surface area contributed by atoms with Crippen LogP contribution in [0.5, 0.6) is 0 Å². The second-order valence-corrected chi connectivity index (χ2v) is 4.98. The lowest BCUT2D eigenvalue weighted by Gasteiger charge is -2.11. The highest BCUT2D eigenvalue weighted by Crippen LogP contribution is 2.36. The highest BCUT2D eigenvalue weighted by atomic mass is 19.4. The Kier molecular flexibility index (Phi) is 3.82. The van der Waals surface area contributed by atoms with E-state index in [1.54, 1.807) is 48.5 Å². The molecule has 3 rings (SSSR count). The molecule has 0 bridgehead atoms. The van der Waals surface area contributed by atoms with Crippen molar-refractivity contribution in [2.24, 2.45) is 0 Å². The van der Waals surface area contributed by atoms with Gasteiger partial charge in [-0.25, -0.2) is 4.79 Å². The van der Waals surface area contributed by atoms with Crippen molar-refractivity contribution in [3.05, 3.63) is 82.5 Å². The maximum atomic E-state index is 13.5. The van der Waals surface area contributed by atoms with Crippen LogP contribution in [0.2, 0.25) is 0 Å².